The minimum atomic E-state index is -1.26. The molecule has 5 N–H and O–H groups in total. The third-order valence-electron chi connectivity index (χ3n) is 14.5. The number of hydrogen-bond acceptors (Lipinski definition) is 5. The highest BCUT2D eigenvalue weighted by molar-refractivity contribution is 5.80. The second-order valence-electron chi connectivity index (χ2n) is 21.1. The second kappa shape index (κ2) is 55.0. The van der Waals surface area contributed by atoms with Gasteiger partial charge in [0.05, 0.1) is 18.8 Å². The van der Waals surface area contributed by atoms with Gasteiger partial charge in [0.2, 0.25) is 5.91 Å². The number of allylic oxidation sites excluding steroid dienone is 2. The van der Waals surface area contributed by atoms with Crippen molar-refractivity contribution in [2.24, 2.45) is 0 Å². The molecule has 0 aliphatic heterocycles. The third kappa shape index (κ3) is 48.1. The van der Waals surface area contributed by atoms with Crippen LogP contribution in [0.3, 0.4) is 0 Å². The summed E-state index contributed by atoms with van der Waals surface area (Å²) in [6.07, 6.45) is 65.8. The summed E-state index contributed by atoms with van der Waals surface area (Å²) in [4.78, 5) is 12.6. The summed E-state index contributed by atoms with van der Waals surface area (Å²) in [5, 5.41) is 44.1. The molecule has 1 amide bonds. The van der Waals surface area contributed by atoms with Crippen molar-refractivity contribution >= 4 is 5.91 Å². The number of nitrogens with one attached hydrogen (secondary N) is 1. The lowest BCUT2D eigenvalue weighted by Gasteiger charge is -2.27. The van der Waals surface area contributed by atoms with Gasteiger partial charge in [0.25, 0.3) is 0 Å². The molecule has 394 valence electrons. The van der Waals surface area contributed by atoms with Gasteiger partial charge in [-0.25, -0.2) is 0 Å². The van der Waals surface area contributed by atoms with Gasteiger partial charge in [-0.2, -0.15) is 0 Å². The SMILES string of the molecule is CCCCCCCCCCCCCC/C=C\CCCCCCCCCCCCCCCCC(O)C(=O)NC(CO)C(O)C(O)CCCCCCCCCCCCCCCCCCCCCC. The smallest absolute Gasteiger partial charge is 0.249 e. The summed E-state index contributed by atoms with van der Waals surface area (Å²) < 4.78 is 0. The van der Waals surface area contributed by atoms with Gasteiger partial charge < -0.3 is 25.7 Å². The lowest BCUT2D eigenvalue weighted by molar-refractivity contribution is -0.132. The Morgan fingerprint density at radius 2 is 0.606 bits per heavy atom. The van der Waals surface area contributed by atoms with Gasteiger partial charge >= 0.3 is 0 Å². The Labute approximate surface area is 412 Å². The maximum Gasteiger partial charge on any atom is 0.249 e. The van der Waals surface area contributed by atoms with Crippen molar-refractivity contribution in [2.45, 2.75) is 359 Å². The first kappa shape index (κ1) is 65.0. The van der Waals surface area contributed by atoms with Crippen molar-refractivity contribution in [1.29, 1.82) is 0 Å². The van der Waals surface area contributed by atoms with Crippen LogP contribution in [0.1, 0.15) is 335 Å². The van der Waals surface area contributed by atoms with Gasteiger partial charge in [0, 0.05) is 0 Å². The molecule has 0 aliphatic rings. The molecule has 0 aromatic rings. The molecule has 0 bridgehead atoms. The lowest BCUT2D eigenvalue weighted by atomic mass is 9.99. The monoisotopic (exact) mass is 934 g/mol. The molecule has 0 aliphatic carbocycles. The van der Waals surface area contributed by atoms with Crippen molar-refractivity contribution < 1.29 is 25.2 Å². The van der Waals surface area contributed by atoms with Crippen LogP contribution in [0.4, 0.5) is 0 Å². The van der Waals surface area contributed by atoms with Crippen LogP contribution >= 0.6 is 0 Å². The standard InChI is InChI=1S/C60H119NO5/c1-3-5-7-9-11-13-15-17-19-21-23-25-26-27-28-29-30-31-32-33-34-36-38-40-42-44-46-48-50-52-54-58(64)60(66)61-56(55-62)59(65)57(63)53-51-49-47-45-43-41-39-37-35-24-22-20-18-16-14-12-10-8-6-4-2/h27-28,56-59,62-65H,3-26,29-55H2,1-2H3,(H,61,66)/b28-27-. The quantitative estimate of drug-likeness (QED) is 0.0308. The molecule has 4 unspecified atom stereocenters. The molecule has 0 spiro atoms. The van der Waals surface area contributed by atoms with Gasteiger partial charge in [-0.05, 0) is 38.5 Å². The molecule has 0 rings (SSSR count). The predicted octanol–water partition coefficient (Wildman–Crippen LogP) is 17.6. The summed E-state index contributed by atoms with van der Waals surface area (Å²) in [7, 11) is 0. The zero-order valence-corrected chi connectivity index (χ0v) is 44.7. The Morgan fingerprint density at radius 1 is 0.364 bits per heavy atom. The van der Waals surface area contributed by atoms with Crippen LogP contribution in [0.25, 0.3) is 0 Å². The average Bonchev–Trinajstić information content (AvgIpc) is 3.32. The fourth-order valence-electron chi connectivity index (χ4n) is 9.76. The lowest BCUT2D eigenvalue weighted by Crippen LogP contribution is -2.53. The van der Waals surface area contributed by atoms with E-state index in [0.717, 1.165) is 38.5 Å². The molecular formula is C60H119NO5. The van der Waals surface area contributed by atoms with Crippen molar-refractivity contribution in [3.63, 3.8) is 0 Å². The number of carbonyl (C=O) groups is 1. The van der Waals surface area contributed by atoms with E-state index >= 15 is 0 Å². The molecule has 0 saturated carbocycles. The Bertz CT molecular complexity index is 959. The maximum absolute atomic E-state index is 12.6. The fourth-order valence-corrected chi connectivity index (χ4v) is 9.76. The number of aliphatic hydroxyl groups is 4. The molecule has 0 aromatic carbocycles. The fraction of sp³-hybridized carbons (Fsp3) is 0.950. The van der Waals surface area contributed by atoms with E-state index in [-0.39, 0.29) is 0 Å². The van der Waals surface area contributed by atoms with Crippen LogP contribution in [0, 0.1) is 0 Å². The van der Waals surface area contributed by atoms with Crippen molar-refractivity contribution in [3.05, 3.63) is 12.2 Å². The van der Waals surface area contributed by atoms with Crippen LogP contribution in [0.2, 0.25) is 0 Å². The molecule has 0 radical (unpaired) electrons. The first-order valence-corrected chi connectivity index (χ1v) is 30.1. The van der Waals surface area contributed by atoms with Gasteiger partial charge in [-0.15, -0.1) is 0 Å². The topological polar surface area (TPSA) is 110 Å². The molecule has 0 fully saturated rings. The van der Waals surface area contributed by atoms with Crippen LogP contribution in [0.5, 0.6) is 0 Å². The minimum Gasteiger partial charge on any atom is -0.394 e. The molecule has 4 atom stereocenters. The van der Waals surface area contributed by atoms with E-state index in [2.05, 4.69) is 31.3 Å². The summed E-state index contributed by atoms with van der Waals surface area (Å²) in [5.74, 6) is -0.577. The summed E-state index contributed by atoms with van der Waals surface area (Å²) in [6.45, 7) is 4.10. The third-order valence-corrected chi connectivity index (χ3v) is 14.5. The zero-order valence-electron chi connectivity index (χ0n) is 44.7. The zero-order chi connectivity index (χ0) is 48.1. The van der Waals surface area contributed by atoms with Gasteiger partial charge in [-0.1, -0.05) is 309 Å². The maximum atomic E-state index is 12.6. The normalized spacial score (nSPS) is 13.7. The highest BCUT2D eigenvalue weighted by atomic mass is 16.3. The molecule has 0 aromatic heterocycles. The van der Waals surface area contributed by atoms with Crippen LogP contribution < -0.4 is 5.32 Å². The van der Waals surface area contributed by atoms with E-state index in [1.54, 1.807) is 0 Å². The molecule has 66 heavy (non-hydrogen) atoms. The van der Waals surface area contributed by atoms with E-state index in [1.807, 2.05) is 0 Å². The van der Waals surface area contributed by atoms with Crippen molar-refractivity contribution in [3.8, 4) is 0 Å². The van der Waals surface area contributed by atoms with E-state index in [0.29, 0.717) is 12.8 Å². The average molecular weight is 935 g/mol. The van der Waals surface area contributed by atoms with Gasteiger partial charge in [-0.3, -0.25) is 4.79 Å². The van der Waals surface area contributed by atoms with E-state index in [9.17, 15) is 25.2 Å². The molecule has 0 heterocycles. The van der Waals surface area contributed by atoms with Crippen molar-refractivity contribution in [2.75, 3.05) is 6.61 Å². The Balaban J connectivity index is 3.57. The number of carbonyl (C=O) groups excluding carboxylic acids is 1. The number of unbranched alkanes of at least 4 members (excludes halogenated alkanes) is 45. The minimum absolute atomic E-state index is 0.373. The van der Waals surface area contributed by atoms with E-state index < -0.39 is 36.9 Å². The Morgan fingerprint density at radius 3 is 0.879 bits per heavy atom. The van der Waals surface area contributed by atoms with E-state index in [4.69, 9.17) is 0 Å². The van der Waals surface area contributed by atoms with Crippen LogP contribution in [0.15, 0.2) is 12.2 Å². The predicted molar refractivity (Wildman–Crippen MR) is 288 cm³/mol. The molecular weight excluding hydrogens is 815 g/mol. The molecule has 0 saturated heterocycles. The second-order valence-corrected chi connectivity index (χ2v) is 21.1. The summed E-state index contributed by atoms with van der Waals surface area (Å²) >= 11 is 0. The first-order valence-electron chi connectivity index (χ1n) is 30.1. The number of hydrogen-bond donors (Lipinski definition) is 5. The number of amides is 1. The van der Waals surface area contributed by atoms with Gasteiger partial charge in [0.1, 0.15) is 12.2 Å². The largest absolute Gasteiger partial charge is 0.394 e. The van der Waals surface area contributed by atoms with E-state index in [1.165, 1.54) is 270 Å². The Hall–Kier alpha value is -0.950. The summed E-state index contributed by atoms with van der Waals surface area (Å²) in [5.41, 5.74) is 0. The molecule has 6 heteroatoms. The highest BCUT2D eigenvalue weighted by Gasteiger charge is 2.28. The Kier molecular flexibility index (Phi) is 54.2. The first-order chi connectivity index (χ1) is 32.5. The summed E-state index contributed by atoms with van der Waals surface area (Å²) in [6, 6.07) is -0.983. The van der Waals surface area contributed by atoms with Crippen molar-refractivity contribution in [1.82, 2.24) is 5.32 Å². The highest BCUT2D eigenvalue weighted by Crippen LogP contribution is 2.19. The number of aliphatic hydroxyl groups excluding tert-OH is 4. The van der Waals surface area contributed by atoms with Crippen LogP contribution in [-0.2, 0) is 4.79 Å². The van der Waals surface area contributed by atoms with Crippen LogP contribution in [-0.4, -0.2) is 57.3 Å². The number of rotatable bonds is 56. The van der Waals surface area contributed by atoms with Gasteiger partial charge in [0.15, 0.2) is 0 Å². The molecule has 6 nitrogen and oxygen atoms in total.